The lowest BCUT2D eigenvalue weighted by Gasteiger charge is -2.54. The summed E-state index contributed by atoms with van der Waals surface area (Å²) in [5, 5.41) is 0. The highest BCUT2D eigenvalue weighted by Gasteiger charge is 2.52. The lowest BCUT2D eigenvalue weighted by Crippen LogP contribution is -2.57. The van der Waals surface area contributed by atoms with E-state index in [2.05, 4.69) is 80.3 Å². The van der Waals surface area contributed by atoms with E-state index in [9.17, 15) is 0 Å². The molecule has 2 saturated carbocycles. The summed E-state index contributed by atoms with van der Waals surface area (Å²) in [6.07, 6.45) is 15.2. The molecule has 2 aliphatic carbocycles. The van der Waals surface area contributed by atoms with E-state index in [0.29, 0.717) is 5.41 Å². The topological polar surface area (TPSA) is 22.6 Å². The van der Waals surface area contributed by atoms with Crippen LogP contribution in [0.15, 0.2) is 82.8 Å². The van der Waals surface area contributed by atoms with E-state index in [4.69, 9.17) is 0 Å². The smallest absolute Gasteiger partial charge is 0.0367 e. The lowest BCUT2D eigenvalue weighted by molar-refractivity contribution is 0.0328. The Labute approximate surface area is 263 Å². The number of hydrogen-bond acceptors (Lipinski definition) is 5. The fourth-order valence-corrected chi connectivity index (χ4v) is 10.1. The number of aromatic nitrogens is 1. The number of pyridine rings is 1. The molecule has 4 fully saturated rings. The summed E-state index contributed by atoms with van der Waals surface area (Å²) in [6, 6.07) is 23.0. The van der Waals surface area contributed by atoms with Crippen LogP contribution in [0.5, 0.6) is 0 Å². The van der Waals surface area contributed by atoms with Gasteiger partial charge in [0.1, 0.15) is 0 Å². The zero-order valence-corrected chi connectivity index (χ0v) is 26.6. The van der Waals surface area contributed by atoms with Gasteiger partial charge in [-0.3, -0.25) is 9.88 Å². The van der Waals surface area contributed by atoms with E-state index in [0.717, 1.165) is 23.7 Å². The van der Waals surface area contributed by atoms with Crippen LogP contribution in [0, 0.1) is 23.7 Å². The first kappa shape index (κ1) is 28.2. The highest BCUT2D eigenvalue weighted by molar-refractivity contribution is 7.99. The molecule has 2 saturated heterocycles. The Kier molecular flexibility index (Phi) is 8.00. The van der Waals surface area contributed by atoms with Gasteiger partial charge in [-0.15, -0.1) is 0 Å². The summed E-state index contributed by atoms with van der Waals surface area (Å²) >= 11 is 1.81. The van der Waals surface area contributed by atoms with Crippen molar-refractivity contribution in [3.8, 4) is 0 Å². The average Bonchev–Trinajstić information content (AvgIpc) is 3.66. The Hall–Kier alpha value is -2.34. The fourth-order valence-electron chi connectivity index (χ4n) is 9.29. The normalized spacial score (nSPS) is 26.0. The van der Waals surface area contributed by atoms with Crippen molar-refractivity contribution in [1.29, 1.82) is 0 Å². The molecular formula is C38H48N4S. The van der Waals surface area contributed by atoms with Crippen molar-refractivity contribution in [2.75, 3.05) is 50.7 Å². The molecule has 4 heterocycles. The maximum Gasteiger partial charge on any atom is 0.0367 e. The van der Waals surface area contributed by atoms with Gasteiger partial charge in [0.2, 0.25) is 0 Å². The Bertz CT molecular complexity index is 1350. The van der Waals surface area contributed by atoms with Crippen LogP contribution in [0.1, 0.15) is 62.5 Å². The summed E-state index contributed by atoms with van der Waals surface area (Å²) < 4.78 is 0. The van der Waals surface area contributed by atoms with Crippen LogP contribution < -0.4 is 4.90 Å². The molecule has 0 radical (unpaired) electrons. The van der Waals surface area contributed by atoms with E-state index in [1.165, 1.54) is 119 Å². The highest BCUT2D eigenvalue weighted by atomic mass is 32.2. The minimum Gasteiger partial charge on any atom is -0.371 e. The molecule has 5 aliphatic rings. The number of fused-ring (bicyclic) bond motifs is 1. The zero-order chi connectivity index (χ0) is 28.6. The molecule has 226 valence electrons. The molecule has 3 aromatic rings. The molecule has 0 bridgehead atoms. The summed E-state index contributed by atoms with van der Waals surface area (Å²) in [7, 11) is 0. The van der Waals surface area contributed by atoms with E-state index in [1.54, 1.807) is 11.1 Å². The Morgan fingerprint density at radius 1 is 0.698 bits per heavy atom. The maximum atomic E-state index is 4.13. The first-order valence-corrected chi connectivity index (χ1v) is 18.0. The van der Waals surface area contributed by atoms with Crippen LogP contribution in [0.4, 0.5) is 5.69 Å². The summed E-state index contributed by atoms with van der Waals surface area (Å²) in [4.78, 5) is 15.0. The fraction of sp³-hybridized carbons (Fsp3) is 0.553. The van der Waals surface area contributed by atoms with E-state index in [-0.39, 0.29) is 0 Å². The minimum atomic E-state index is 0.376. The average molecular weight is 593 g/mol. The molecule has 2 aromatic carbocycles. The number of anilines is 1. The molecule has 1 atom stereocenters. The van der Waals surface area contributed by atoms with Crippen molar-refractivity contribution in [1.82, 2.24) is 14.8 Å². The largest absolute Gasteiger partial charge is 0.371 e. The van der Waals surface area contributed by atoms with Crippen molar-refractivity contribution in [3.05, 3.63) is 84.2 Å². The van der Waals surface area contributed by atoms with Crippen molar-refractivity contribution in [2.45, 2.75) is 73.1 Å². The summed E-state index contributed by atoms with van der Waals surface area (Å²) in [5.74, 6) is 3.48. The van der Waals surface area contributed by atoms with Gasteiger partial charge in [0.15, 0.2) is 0 Å². The third-order valence-corrected chi connectivity index (χ3v) is 12.6. The summed E-state index contributed by atoms with van der Waals surface area (Å²) in [6.45, 7) is 10.1. The van der Waals surface area contributed by atoms with Crippen molar-refractivity contribution in [2.24, 2.45) is 23.7 Å². The zero-order valence-electron chi connectivity index (χ0n) is 25.7. The minimum absolute atomic E-state index is 0.376. The van der Waals surface area contributed by atoms with Crippen LogP contribution in [0.25, 0.3) is 0 Å². The third-order valence-electron chi connectivity index (χ3n) is 11.6. The Morgan fingerprint density at radius 3 is 2.12 bits per heavy atom. The maximum absolute atomic E-state index is 4.13. The molecule has 0 N–H and O–H groups in total. The van der Waals surface area contributed by atoms with Gasteiger partial charge in [0, 0.05) is 78.5 Å². The van der Waals surface area contributed by atoms with Crippen molar-refractivity contribution in [3.63, 3.8) is 0 Å². The van der Waals surface area contributed by atoms with Crippen LogP contribution in [-0.4, -0.2) is 60.6 Å². The Morgan fingerprint density at radius 2 is 1.37 bits per heavy atom. The molecule has 43 heavy (non-hydrogen) atoms. The van der Waals surface area contributed by atoms with Gasteiger partial charge in [0.25, 0.3) is 0 Å². The molecule has 0 amide bonds. The van der Waals surface area contributed by atoms with Gasteiger partial charge in [-0.1, -0.05) is 48.9 Å². The van der Waals surface area contributed by atoms with Gasteiger partial charge >= 0.3 is 0 Å². The van der Waals surface area contributed by atoms with Gasteiger partial charge in [0.05, 0.1) is 0 Å². The first-order chi connectivity index (χ1) is 21.2. The summed E-state index contributed by atoms with van der Waals surface area (Å²) in [5.41, 5.74) is 5.16. The van der Waals surface area contributed by atoms with Crippen molar-refractivity contribution >= 4 is 17.4 Å². The second-order valence-corrected chi connectivity index (χ2v) is 15.6. The molecular weight excluding hydrogens is 545 g/mol. The van der Waals surface area contributed by atoms with Crippen LogP contribution in [0.3, 0.4) is 0 Å². The van der Waals surface area contributed by atoms with Crippen molar-refractivity contribution < 1.29 is 0 Å². The first-order valence-electron chi connectivity index (χ1n) is 17.2. The molecule has 1 unspecified atom stereocenters. The number of rotatable bonds is 9. The molecule has 8 rings (SSSR count). The van der Waals surface area contributed by atoms with Gasteiger partial charge in [-0.25, -0.2) is 0 Å². The number of nitrogens with zero attached hydrogens (tertiary/aromatic N) is 4. The monoisotopic (exact) mass is 592 g/mol. The molecule has 5 heteroatoms. The van der Waals surface area contributed by atoms with E-state index in [1.807, 2.05) is 24.2 Å². The van der Waals surface area contributed by atoms with Crippen LogP contribution in [-0.2, 0) is 12.0 Å². The highest BCUT2D eigenvalue weighted by Crippen LogP contribution is 2.54. The van der Waals surface area contributed by atoms with Gasteiger partial charge in [-0.05, 0) is 117 Å². The van der Waals surface area contributed by atoms with Crippen LogP contribution >= 0.6 is 11.8 Å². The number of piperidine rings is 1. The predicted molar refractivity (Wildman–Crippen MR) is 178 cm³/mol. The number of hydrogen-bond donors (Lipinski definition) is 0. The van der Waals surface area contributed by atoms with Gasteiger partial charge in [-0.2, -0.15) is 0 Å². The second-order valence-electron chi connectivity index (χ2n) is 14.4. The van der Waals surface area contributed by atoms with E-state index >= 15 is 0 Å². The molecule has 4 nitrogen and oxygen atoms in total. The lowest BCUT2D eigenvalue weighted by atomic mass is 9.57. The molecule has 1 aromatic heterocycles. The Balaban J connectivity index is 0.891. The standard InChI is InChI=1S/C38H48N4S/c1-4-8-37-31(5-1)27-41(23-29-9-10-29)28-38(37,32-6-2-3-7-32)33-17-21-40(22-18-33)24-30-25-42(26-30)34-11-13-35(14-12-34)43-36-15-19-39-20-16-36/h1,4-5,8,11-16,19-20,29-30,32-33H,2-3,6-7,9-10,17-18,21-28H2. The molecule has 3 aliphatic heterocycles. The predicted octanol–water partition coefficient (Wildman–Crippen LogP) is 7.73. The quantitative estimate of drug-likeness (QED) is 0.253. The number of likely N-dealkylation sites (tertiary alicyclic amines) is 1. The van der Waals surface area contributed by atoms with Gasteiger partial charge < -0.3 is 9.80 Å². The van der Waals surface area contributed by atoms with Crippen LogP contribution in [0.2, 0.25) is 0 Å². The molecule has 0 spiro atoms. The van der Waals surface area contributed by atoms with E-state index < -0.39 is 0 Å². The third kappa shape index (κ3) is 5.90. The number of benzene rings is 2. The SMILES string of the molecule is c1ccc2c(c1)CN(CC1CC1)CC2(C1CCCC1)C1CCN(CC2CN(c3ccc(Sc4ccncc4)cc3)C2)CC1. The second kappa shape index (κ2) is 12.2.